The molecule has 0 aliphatic rings. The van der Waals surface area contributed by atoms with E-state index >= 15 is 0 Å². The summed E-state index contributed by atoms with van der Waals surface area (Å²) < 4.78 is 9.53. The van der Waals surface area contributed by atoms with Crippen LogP contribution < -0.4 is 0 Å². The van der Waals surface area contributed by atoms with Gasteiger partial charge in [0, 0.05) is 19.8 Å². The maximum Gasteiger partial charge on any atom is 0.0892 e. The van der Waals surface area contributed by atoms with Crippen LogP contribution >= 0.6 is 12.6 Å². The second-order valence-electron chi connectivity index (χ2n) is 1.40. The van der Waals surface area contributed by atoms with Gasteiger partial charge in [-0.2, -0.15) is 12.6 Å². The van der Waals surface area contributed by atoms with Gasteiger partial charge in [-0.3, -0.25) is 0 Å². The minimum absolute atomic E-state index is 0. The van der Waals surface area contributed by atoms with Crippen molar-refractivity contribution in [3.8, 4) is 0 Å². The Labute approximate surface area is 136 Å². The molecule has 0 aromatic carbocycles. The van der Waals surface area contributed by atoms with Crippen LogP contribution in [0.15, 0.2) is 0 Å². The van der Waals surface area contributed by atoms with Gasteiger partial charge in [0.2, 0.25) is 0 Å². The summed E-state index contributed by atoms with van der Waals surface area (Å²) in [6.07, 6.45) is 0. The highest BCUT2D eigenvalue weighted by Gasteiger charge is 1.64. The molecule has 19 heavy (non-hydrogen) atoms. The van der Waals surface area contributed by atoms with Gasteiger partial charge in [0.15, 0.2) is 0 Å². The van der Waals surface area contributed by atoms with Crippen LogP contribution in [0, 0.1) is 0 Å². The molecular formula is C16H54O2S. The van der Waals surface area contributed by atoms with Gasteiger partial charge in [-0.15, -0.1) is 0 Å². The Bertz CT molecular complexity index is 35.7. The number of rotatable bonds is 4. The van der Waals surface area contributed by atoms with Crippen molar-refractivity contribution in [3.05, 3.63) is 0 Å². The first kappa shape index (κ1) is 94.0. The van der Waals surface area contributed by atoms with Gasteiger partial charge in [-0.25, -0.2) is 0 Å². The molecular weight excluding hydrogens is 256 g/mol. The molecule has 0 bridgehead atoms. The quantitative estimate of drug-likeness (QED) is 0.424. The largest absolute Gasteiger partial charge is 0.382 e. The molecule has 0 fully saturated rings. The van der Waals surface area contributed by atoms with Crippen LogP contribution in [0.4, 0.5) is 0 Å². The maximum atomic E-state index is 4.83. The van der Waals surface area contributed by atoms with Crippen LogP contribution in [0.25, 0.3) is 0 Å². The molecule has 0 N–H and O–H groups in total. The van der Waals surface area contributed by atoms with Crippen molar-refractivity contribution in [2.75, 3.05) is 25.8 Å². The molecule has 0 unspecified atom stereocenters. The van der Waals surface area contributed by atoms with Crippen LogP contribution in [0.2, 0.25) is 0 Å². The van der Waals surface area contributed by atoms with E-state index in [0.29, 0.717) is 5.94 Å². The third-order valence-corrected chi connectivity index (χ3v) is 0.886. The van der Waals surface area contributed by atoms with Gasteiger partial charge in [0.25, 0.3) is 0 Å². The smallest absolute Gasteiger partial charge is 0.0892 e. The van der Waals surface area contributed by atoms with Crippen LogP contribution in [0.1, 0.15) is 87.6 Å². The second kappa shape index (κ2) is 139. The van der Waals surface area contributed by atoms with Crippen molar-refractivity contribution >= 4 is 12.6 Å². The monoisotopic (exact) mass is 310 g/mol. The topological polar surface area (TPSA) is 18.5 Å². The molecule has 0 aromatic heterocycles. The zero-order chi connectivity index (χ0) is 8.24. The number of hydrogen-bond acceptors (Lipinski definition) is 3. The van der Waals surface area contributed by atoms with E-state index in [9.17, 15) is 0 Å². The van der Waals surface area contributed by atoms with Crippen molar-refractivity contribution in [1.29, 1.82) is 0 Å². The number of thiol groups is 1. The molecule has 0 saturated carbocycles. The summed E-state index contributed by atoms with van der Waals surface area (Å²) in [7, 11) is 0. The fourth-order valence-corrected chi connectivity index (χ4v) is 0.478. The van der Waals surface area contributed by atoms with Crippen LogP contribution in [-0.2, 0) is 9.47 Å². The predicted molar refractivity (Wildman–Crippen MR) is 108 cm³/mol. The van der Waals surface area contributed by atoms with Crippen LogP contribution in [0.3, 0.4) is 0 Å². The van der Waals surface area contributed by atoms with Crippen LogP contribution in [-0.4, -0.2) is 25.8 Å². The molecule has 0 rings (SSSR count). The maximum absolute atomic E-state index is 4.83. The van der Waals surface area contributed by atoms with E-state index in [1.54, 1.807) is 0 Å². The van der Waals surface area contributed by atoms with E-state index in [2.05, 4.69) is 12.6 Å². The summed E-state index contributed by atoms with van der Waals surface area (Å²) in [5.74, 6) is 0.538. The van der Waals surface area contributed by atoms with E-state index in [1.807, 2.05) is 20.8 Å². The zero-order valence-corrected chi connectivity index (χ0v) is 7.99. The summed E-state index contributed by atoms with van der Waals surface area (Å²) in [5, 5.41) is 0. The molecule has 0 amide bonds. The summed E-state index contributed by atoms with van der Waals surface area (Å²) in [6.45, 7) is 8.37. The van der Waals surface area contributed by atoms with Gasteiger partial charge in [0.1, 0.15) is 0 Å². The molecule has 2 nitrogen and oxygen atoms in total. The van der Waals surface area contributed by atoms with Gasteiger partial charge in [-0.05, 0) is 20.8 Å². The molecule has 0 atom stereocenters. The van der Waals surface area contributed by atoms with Crippen molar-refractivity contribution in [3.63, 3.8) is 0 Å². The molecule has 3 heteroatoms. The lowest BCUT2D eigenvalue weighted by atomic mass is 10.8. The molecule has 0 aliphatic heterocycles. The van der Waals surface area contributed by atoms with E-state index in [0.717, 1.165) is 19.8 Å². The highest BCUT2D eigenvalue weighted by atomic mass is 32.1. The first-order chi connectivity index (χ1) is 4.83. The third kappa shape index (κ3) is 265. The fraction of sp³-hybridized carbons (Fsp3) is 1.00. The van der Waals surface area contributed by atoms with Crippen molar-refractivity contribution in [1.82, 2.24) is 0 Å². The number of hydrogen-bond donors (Lipinski definition) is 1. The fourth-order valence-electron chi connectivity index (χ4n) is 0.295. The predicted octanol–water partition coefficient (Wildman–Crippen LogP) is 7.68. The van der Waals surface area contributed by atoms with E-state index < -0.39 is 0 Å². The van der Waals surface area contributed by atoms with E-state index in [4.69, 9.17) is 9.47 Å². The summed E-state index contributed by atoms with van der Waals surface area (Å²) in [5.41, 5.74) is 0. The third-order valence-electron chi connectivity index (χ3n) is 0.704. The van der Waals surface area contributed by atoms with Gasteiger partial charge < -0.3 is 9.47 Å². The average Bonchev–Trinajstić information content (AvgIpc) is 1.93. The number of ether oxygens (including phenoxy) is 2. The first-order valence-electron chi connectivity index (χ1n) is 3.59. The van der Waals surface area contributed by atoms with Gasteiger partial charge in [0.05, 0.1) is 5.94 Å². The minimum atomic E-state index is 0. The molecule has 0 radical (unpaired) electrons. The normalized spacial score (nSPS) is 4.42. The molecule has 0 saturated heterocycles. The SMILES string of the molecule is C.C.C.C.C.C.C.C.C.CCOCC.CCOCS. The Kier molecular flexibility index (Phi) is 686. The Balaban J connectivity index is -0.00000000508. The highest BCUT2D eigenvalue weighted by Crippen LogP contribution is 1.72. The lowest BCUT2D eigenvalue weighted by Crippen LogP contribution is -1.84. The molecule has 0 aromatic rings. The Morgan fingerprint density at radius 1 is 0.526 bits per heavy atom. The molecule has 136 valence electrons. The summed E-state index contributed by atoms with van der Waals surface area (Å²) in [6, 6.07) is 0. The highest BCUT2D eigenvalue weighted by molar-refractivity contribution is 7.80. The van der Waals surface area contributed by atoms with Gasteiger partial charge in [-0.1, -0.05) is 66.8 Å². The van der Waals surface area contributed by atoms with Crippen molar-refractivity contribution in [2.24, 2.45) is 0 Å². The average molecular weight is 311 g/mol. The zero-order valence-electron chi connectivity index (χ0n) is 7.09. The Morgan fingerprint density at radius 2 is 0.737 bits per heavy atom. The summed E-state index contributed by atoms with van der Waals surface area (Å²) >= 11 is 3.78. The standard InChI is InChI=1S/C4H10O.C3H8OS.9CH4/c1-3-5-4-2;1-2-4-3-5;;;;;;;;;/h3-4H2,1-2H3;5H,2-3H2,1H3;9*1H4. The second-order valence-corrected chi connectivity index (χ2v) is 1.66. The van der Waals surface area contributed by atoms with E-state index in [-0.39, 0.29) is 66.8 Å². The van der Waals surface area contributed by atoms with Crippen molar-refractivity contribution in [2.45, 2.75) is 87.6 Å². The lowest BCUT2D eigenvalue weighted by molar-refractivity contribution is 0.162. The molecule has 0 heterocycles. The Morgan fingerprint density at radius 3 is 0.737 bits per heavy atom. The first-order valence-corrected chi connectivity index (χ1v) is 4.22. The van der Waals surface area contributed by atoms with Crippen molar-refractivity contribution < 1.29 is 9.47 Å². The summed E-state index contributed by atoms with van der Waals surface area (Å²) in [4.78, 5) is 0. The molecule has 0 spiro atoms. The minimum Gasteiger partial charge on any atom is -0.382 e. The Hall–Kier alpha value is 0.270. The van der Waals surface area contributed by atoms with Gasteiger partial charge >= 0.3 is 0 Å². The lowest BCUT2D eigenvalue weighted by Gasteiger charge is -1.86. The van der Waals surface area contributed by atoms with Crippen LogP contribution in [0.5, 0.6) is 0 Å². The van der Waals surface area contributed by atoms with E-state index in [1.165, 1.54) is 0 Å². The molecule has 0 aliphatic carbocycles.